The molecular weight excluding hydrogens is 276 g/mol. The molecule has 6 heteroatoms. The third kappa shape index (κ3) is 5.63. The molecule has 110 valence electrons. The Bertz CT molecular complexity index is 491. The van der Waals surface area contributed by atoms with Gasteiger partial charge in [0, 0.05) is 17.1 Å². The number of rotatable bonds is 7. The third-order valence-corrected chi connectivity index (χ3v) is 3.89. The van der Waals surface area contributed by atoms with Gasteiger partial charge in [0.1, 0.15) is 6.10 Å². The summed E-state index contributed by atoms with van der Waals surface area (Å²) < 4.78 is 0. The Morgan fingerprint density at radius 2 is 2.05 bits per heavy atom. The van der Waals surface area contributed by atoms with E-state index in [1.54, 1.807) is 11.8 Å². The second-order valence-electron chi connectivity index (χ2n) is 4.57. The monoisotopic (exact) mass is 296 g/mol. The van der Waals surface area contributed by atoms with Crippen LogP contribution in [0.4, 0.5) is 0 Å². The van der Waals surface area contributed by atoms with Crippen LogP contribution in [-0.2, 0) is 9.59 Å². The summed E-state index contributed by atoms with van der Waals surface area (Å²) in [5, 5.41) is 11.6. The maximum absolute atomic E-state index is 11.5. The van der Waals surface area contributed by atoms with Gasteiger partial charge >= 0.3 is 0 Å². The Hall–Kier alpha value is -1.53. The van der Waals surface area contributed by atoms with E-state index in [0.717, 1.165) is 4.90 Å². The van der Waals surface area contributed by atoms with E-state index >= 15 is 0 Å². The maximum Gasteiger partial charge on any atom is 0.248 e. The van der Waals surface area contributed by atoms with Gasteiger partial charge in [-0.25, -0.2) is 0 Å². The quantitative estimate of drug-likeness (QED) is 0.647. The molecule has 0 aromatic heterocycles. The highest BCUT2D eigenvalue weighted by Gasteiger charge is 2.11. The van der Waals surface area contributed by atoms with E-state index in [1.165, 1.54) is 11.1 Å². The highest BCUT2D eigenvalue weighted by molar-refractivity contribution is 7.99. The van der Waals surface area contributed by atoms with Crippen LogP contribution in [-0.4, -0.2) is 35.3 Å². The van der Waals surface area contributed by atoms with Crippen molar-refractivity contribution in [2.24, 2.45) is 5.73 Å². The van der Waals surface area contributed by atoms with Crippen molar-refractivity contribution in [3.05, 3.63) is 29.3 Å². The first-order valence-electron chi connectivity index (χ1n) is 6.34. The van der Waals surface area contributed by atoms with Crippen molar-refractivity contribution in [3.8, 4) is 0 Å². The van der Waals surface area contributed by atoms with Crippen molar-refractivity contribution in [2.45, 2.75) is 31.3 Å². The fraction of sp³-hybridized carbons (Fsp3) is 0.429. The SMILES string of the molecule is Cc1ccc(SCCC(=O)NCC(O)C(N)=O)cc1C. The molecule has 2 amide bonds. The number of hydrogen-bond acceptors (Lipinski definition) is 4. The molecule has 1 unspecified atom stereocenters. The van der Waals surface area contributed by atoms with Gasteiger partial charge in [0.05, 0.1) is 6.54 Å². The van der Waals surface area contributed by atoms with Crippen molar-refractivity contribution >= 4 is 23.6 Å². The van der Waals surface area contributed by atoms with Crippen LogP contribution >= 0.6 is 11.8 Å². The topological polar surface area (TPSA) is 92.4 Å². The number of hydrogen-bond donors (Lipinski definition) is 3. The first-order valence-corrected chi connectivity index (χ1v) is 7.33. The lowest BCUT2D eigenvalue weighted by molar-refractivity contribution is -0.126. The molecule has 0 bridgehead atoms. The molecule has 0 aliphatic carbocycles. The zero-order valence-electron chi connectivity index (χ0n) is 11.7. The average Bonchev–Trinajstić information content (AvgIpc) is 2.40. The molecule has 0 aliphatic rings. The summed E-state index contributed by atoms with van der Waals surface area (Å²) in [5.74, 6) is -0.405. The minimum Gasteiger partial charge on any atom is -0.381 e. The molecular formula is C14H20N2O3S. The number of aliphatic hydroxyl groups is 1. The molecule has 0 aliphatic heterocycles. The Labute approximate surface area is 122 Å². The number of aliphatic hydroxyl groups excluding tert-OH is 1. The molecule has 1 rings (SSSR count). The summed E-state index contributed by atoms with van der Waals surface area (Å²) >= 11 is 1.60. The summed E-state index contributed by atoms with van der Waals surface area (Å²) in [6, 6.07) is 6.18. The van der Waals surface area contributed by atoms with Crippen LogP contribution in [0.1, 0.15) is 17.5 Å². The van der Waals surface area contributed by atoms with Gasteiger partial charge in [0.15, 0.2) is 0 Å². The number of nitrogens with two attached hydrogens (primary N) is 1. The van der Waals surface area contributed by atoms with E-state index in [-0.39, 0.29) is 12.5 Å². The van der Waals surface area contributed by atoms with E-state index in [0.29, 0.717) is 12.2 Å². The standard InChI is InChI=1S/C14H20N2O3S/c1-9-3-4-11(7-10(9)2)20-6-5-13(18)16-8-12(17)14(15)19/h3-4,7,12,17H,5-6,8H2,1-2H3,(H2,15,19)(H,16,18). The average molecular weight is 296 g/mol. The van der Waals surface area contributed by atoms with Crippen LogP contribution in [0.3, 0.4) is 0 Å². The van der Waals surface area contributed by atoms with Crippen molar-refractivity contribution in [1.29, 1.82) is 0 Å². The number of thioether (sulfide) groups is 1. The molecule has 1 atom stereocenters. The van der Waals surface area contributed by atoms with Gasteiger partial charge in [0.25, 0.3) is 0 Å². The maximum atomic E-state index is 11.5. The number of carbonyl (C=O) groups is 2. The lowest BCUT2D eigenvalue weighted by Crippen LogP contribution is -2.40. The minimum absolute atomic E-state index is 0.136. The molecule has 0 saturated carbocycles. The lowest BCUT2D eigenvalue weighted by Gasteiger charge is -2.08. The third-order valence-electron chi connectivity index (χ3n) is 2.90. The van der Waals surface area contributed by atoms with Gasteiger partial charge in [-0.3, -0.25) is 9.59 Å². The van der Waals surface area contributed by atoms with Crippen molar-refractivity contribution in [1.82, 2.24) is 5.32 Å². The Balaban J connectivity index is 2.28. The Morgan fingerprint density at radius 3 is 2.65 bits per heavy atom. The number of nitrogens with one attached hydrogen (secondary N) is 1. The Kier molecular flexibility index (Phi) is 6.54. The normalized spacial score (nSPS) is 11.9. The van der Waals surface area contributed by atoms with Crippen LogP contribution in [0.2, 0.25) is 0 Å². The zero-order valence-corrected chi connectivity index (χ0v) is 12.5. The van der Waals surface area contributed by atoms with Crippen LogP contribution in [0.5, 0.6) is 0 Å². The van der Waals surface area contributed by atoms with E-state index in [1.807, 2.05) is 6.07 Å². The van der Waals surface area contributed by atoms with Crippen LogP contribution < -0.4 is 11.1 Å². The van der Waals surface area contributed by atoms with Gasteiger partial charge < -0.3 is 16.2 Å². The summed E-state index contributed by atoms with van der Waals surface area (Å²) in [6.45, 7) is 3.97. The molecule has 20 heavy (non-hydrogen) atoms. The summed E-state index contributed by atoms with van der Waals surface area (Å²) in [5.41, 5.74) is 7.35. The number of aryl methyl sites for hydroxylation is 2. The van der Waals surface area contributed by atoms with E-state index in [4.69, 9.17) is 10.8 Å². The molecule has 1 aromatic carbocycles. The predicted molar refractivity (Wildman–Crippen MR) is 79.5 cm³/mol. The number of primary amides is 1. The molecule has 0 radical (unpaired) electrons. The van der Waals surface area contributed by atoms with E-state index < -0.39 is 12.0 Å². The lowest BCUT2D eigenvalue weighted by atomic mass is 10.1. The Morgan fingerprint density at radius 1 is 1.35 bits per heavy atom. The largest absolute Gasteiger partial charge is 0.381 e. The molecule has 5 nitrogen and oxygen atoms in total. The fourth-order valence-electron chi connectivity index (χ4n) is 1.46. The predicted octanol–water partition coefficient (Wildman–Crippen LogP) is 0.748. The molecule has 0 heterocycles. The molecule has 0 fully saturated rings. The highest BCUT2D eigenvalue weighted by atomic mass is 32.2. The van der Waals surface area contributed by atoms with Crippen molar-refractivity contribution in [2.75, 3.05) is 12.3 Å². The number of amides is 2. The zero-order chi connectivity index (χ0) is 15.1. The van der Waals surface area contributed by atoms with Gasteiger partial charge in [0.2, 0.25) is 11.8 Å². The van der Waals surface area contributed by atoms with E-state index in [9.17, 15) is 9.59 Å². The van der Waals surface area contributed by atoms with Gasteiger partial charge in [-0.05, 0) is 37.1 Å². The second kappa shape index (κ2) is 7.91. The van der Waals surface area contributed by atoms with Crippen LogP contribution in [0, 0.1) is 13.8 Å². The summed E-state index contributed by atoms with van der Waals surface area (Å²) in [4.78, 5) is 23.2. The van der Waals surface area contributed by atoms with E-state index in [2.05, 4.69) is 31.3 Å². The van der Waals surface area contributed by atoms with Gasteiger partial charge in [-0.15, -0.1) is 11.8 Å². The van der Waals surface area contributed by atoms with Crippen LogP contribution in [0.25, 0.3) is 0 Å². The minimum atomic E-state index is -1.33. The highest BCUT2D eigenvalue weighted by Crippen LogP contribution is 2.21. The molecule has 0 spiro atoms. The first-order chi connectivity index (χ1) is 9.40. The summed E-state index contributed by atoms with van der Waals surface area (Å²) in [7, 11) is 0. The number of benzene rings is 1. The summed E-state index contributed by atoms with van der Waals surface area (Å²) in [6.07, 6.45) is -1.00. The smallest absolute Gasteiger partial charge is 0.248 e. The number of carbonyl (C=O) groups excluding carboxylic acids is 2. The molecule has 0 saturated heterocycles. The molecule has 4 N–H and O–H groups in total. The fourth-order valence-corrected chi connectivity index (χ4v) is 2.41. The first kappa shape index (κ1) is 16.5. The second-order valence-corrected chi connectivity index (χ2v) is 5.74. The van der Waals surface area contributed by atoms with Crippen LogP contribution in [0.15, 0.2) is 23.1 Å². The van der Waals surface area contributed by atoms with Crippen molar-refractivity contribution in [3.63, 3.8) is 0 Å². The molecule has 1 aromatic rings. The van der Waals surface area contributed by atoms with Gasteiger partial charge in [-0.2, -0.15) is 0 Å². The van der Waals surface area contributed by atoms with Crippen molar-refractivity contribution < 1.29 is 14.7 Å². The van der Waals surface area contributed by atoms with Gasteiger partial charge in [-0.1, -0.05) is 6.07 Å².